The summed E-state index contributed by atoms with van der Waals surface area (Å²) in [7, 11) is 1.46. The molecule has 1 N–H and O–H groups in total. The average molecular weight is 285 g/mol. The monoisotopic (exact) mass is 285 g/mol. The predicted molar refractivity (Wildman–Crippen MR) is 75.6 cm³/mol. The van der Waals surface area contributed by atoms with Crippen molar-refractivity contribution in [2.24, 2.45) is 5.92 Å². The smallest absolute Gasteiger partial charge is 0.328 e. The van der Waals surface area contributed by atoms with Crippen molar-refractivity contribution in [2.45, 2.75) is 50.6 Å². The summed E-state index contributed by atoms with van der Waals surface area (Å²) in [6.45, 7) is 4.33. The Labute approximate surface area is 121 Å². The quantitative estimate of drug-likeness (QED) is 0.460. The topological polar surface area (TPSA) is 56.8 Å². The Bertz CT molecular complexity index is 315. The molecule has 0 aromatic rings. The summed E-state index contributed by atoms with van der Waals surface area (Å²) in [6, 6.07) is 0.453. The summed E-state index contributed by atoms with van der Waals surface area (Å²) in [6.07, 6.45) is 5.45. The fraction of sp³-hybridized carbons (Fsp3) is 0.933. The lowest BCUT2D eigenvalue weighted by Gasteiger charge is -2.32. The molecule has 1 unspecified atom stereocenters. The molecule has 5 nitrogen and oxygen atoms in total. The first-order chi connectivity index (χ1) is 9.73. The summed E-state index contributed by atoms with van der Waals surface area (Å²) in [5.41, 5.74) is -0.638. The second-order valence-electron chi connectivity index (χ2n) is 5.82. The standard InChI is InChI=1S/C15H27NO4/c1-3-8-19-9-10-20-11-15(12-4-5-12,14(17)18-2)16-13-6-7-13/h12-13,16H,3-11H2,1-2H3. The zero-order chi connectivity index (χ0) is 14.4. The van der Waals surface area contributed by atoms with Crippen LogP contribution in [0.3, 0.4) is 0 Å². The zero-order valence-corrected chi connectivity index (χ0v) is 12.7. The highest BCUT2D eigenvalue weighted by molar-refractivity contribution is 5.82. The van der Waals surface area contributed by atoms with E-state index >= 15 is 0 Å². The molecule has 1 atom stereocenters. The molecule has 2 aliphatic carbocycles. The molecule has 0 spiro atoms. The van der Waals surface area contributed by atoms with E-state index in [9.17, 15) is 4.79 Å². The van der Waals surface area contributed by atoms with Gasteiger partial charge in [-0.2, -0.15) is 0 Å². The third kappa shape index (κ3) is 4.17. The second kappa shape index (κ2) is 7.38. The van der Waals surface area contributed by atoms with Gasteiger partial charge in [0.15, 0.2) is 0 Å². The van der Waals surface area contributed by atoms with Gasteiger partial charge in [-0.25, -0.2) is 4.79 Å². The number of methoxy groups -OCH3 is 1. The van der Waals surface area contributed by atoms with Crippen LogP contribution in [0.5, 0.6) is 0 Å². The first-order valence-electron chi connectivity index (χ1n) is 7.74. The number of carbonyl (C=O) groups excluding carboxylic acids is 1. The largest absolute Gasteiger partial charge is 0.468 e. The molecule has 2 fully saturated rings. The molecular formula is C15H27NO4. The van der Waals surface area contributed by atoms with Crippen molar-refractivity contribution in [3.8, 4) is 0 Å². The van der Waals surface area contributed by atoms with E-state index in [1.807, 2.05) is 0 Å². The highest BCUT2D eigenvalue weighted by Crippen LogP contribution is 2.42. The maximum Gasteiger partial charge on any atom is 0.328 e. The molecule has 0 bridgehead atoms. The van der Waals surface area contributed by atoms with Gasteiger partial charge >= 0.3 is 5.97 Å². The number of carbonyl (C=O) groups is 1. The van der Waals surface area contributed by atoms with Crippen LogP contribution in [0.2, 0.25) is 0 Å². The molecule has 116 valence electrons. The Morgan fingerprint density at radius 2 is 1.85 bits per heavy atom. The first-order valence-corrected chi connectivity index (χ1v) is 7.74. The Morgan fingerprint density at radius 3 is 2.40 bits per heavy atom. The SMILES string of the molecule is CCCOCCOCC(NC1CC1)(C(=O)OC)C1CC1. The van der Waals surface area contributed by atoms with Crippen molar-refractivity contribution in [3.63, 3.8) is 0 Å². The summed E-state index contributed by atoms with van der Waals surface area (Å²) in [5.74, 6) is 0.175. The molecule has 2 aliphatic rings. The molecular weight excluding hydrogens is 258 g/mol. The third-order valence-corrected chi connectivity index (χ3v) is 3.91. The molecule has 2 rings (SSSR count). The maximum atomic E-state index is 12.2. The Balaban J connectivity index is 1.83. The summed E-state index contributed by atoms with van der Waals surface area (Å²) >= 11 is 0. The van der Waals surface area contributed by atoms with Crippen LogP contribution in [0.4, 0.5) is 0 Å². The summed E-state index contributed by atoms with van der Waals surface area (Å²) in [4.78, 5) is 12.2. The van der Waals surface area contributed by atoms with Crippen molar-refractivity contribution in [1.82, 2.24) is 5.32 Å². The number of ether oxygens (including phenoxy) is 3. The minimum atomic E-state index is -0.638. The first kappa shape index (κ1) is 15.7. The van der Waals surface area contributed by atoms with E-state index in [0.29, 0.717) is 31.8 Å². The lowest BCUT2D eigenvalue weighted by molar-refractivity contribution is -0.153. The molecule has 0 aromatic heterocycles. The fourth-order valence-electron chi connectivity index (χ4n) is 2.51. The zero-order valence-electron chi connectivity index (χ0n) is 12.7. The van der Waals surface area contributed by atoms with Crippen molar-refractivity contribution in [3.05, 3.63) is 0 Å². The maximum absolute atomic E-state index is 12.2. The van der Waals surface area contributed by atoms with Crippen LogP contribution in [0.25, 0.3) is 0 Å². The molecule has 0 aliphatic heterocycles. The highest BCUT2D eigenvalue weighted by Gasteiger charge is 2.54. The van der Waals surface area contributed by atoms with Gasteiger partial charge in [0.2, 0.25) is 0 Å². The number of rotatable bonds is 11. The van der Waals surface area contributed by atoms with Crippen molar-refractivity contribution >= 4 is 5.97 Å². The van der Waals surface area contributed by atoms with E-state index in [1.165, 1.54) is 7.11 Å². The van der Waals surface area contributed by atoms with E-state index < -0.39 is 5.54 Å². The van der Waals surface area contributed by atoms with Gasteiger partial charge in [-0.15, -0.1) is 0 Å². The van der Waals surface area contributed by atoms with Crippen LogP contribution in [0, 0.1) is 5.92 Å². The van der Waals surface area contributed by atoms with E-state index in [2.05, 4.69) is 12.2 Å². The highest BCUT2D eigenvalue weighted by atomic mass is 16.5. The van der Waals surface area contributed by atoms with Gasteiger partial charge in [0.05, 0.1) is 26.9 Å². The molecule has 0 heterocycles. The van der Waals surface area contributed by atoms with Crippen LogP contribution in [0.15, 0.2) is 0 Å². The molecule has 5 heteroatoms. The number of esters is 1. The van der Waals surface area contributed by atoms with Crippen molar-refractivity contribution < 1.29 is 19.0 Å². The lowest BCUT2D eigenvalue weighted by Crippen LogP contribution is -2.59. The number of hydrogen-bond donors (Lipinski definition) is 1. The average Bonchev–Trinajstić information content (AvgIpc) is 3.32. The van der Waals surface area contributed by atoms with Gasteiger partial charge in [0.1, 0.15) is 5.54 Å². The lowest BCUT2D eigenvalue weighted by atomic mass is 9.94. The Hall–Kier alpha value is -0.650. The van der Waals surface area contributed by atoms with Gasteiger partial charge in [-0.05, 0) is 38.0 Å². The summed E-state index contributed by atoms with van der Waals surface area (Å²) < 4.78 is 16.1. The van der Waals surface area contributed by atoms with Crippen LogP contribution in [0.1, 0.15) is 39.0 Å². The van der Waals surface area contributed by atoms with E-state index in [0.717, 1.165) is 38.7 Å². The van der Waals surface area contributed by atoms with Crippen LogP contribution in [-0.2, 0) is 19.0 Å². The predicted octanol–water partition coefficient (Wildman–Crippen LogP) is 1.50. The van der Waals surface area contributed by atoms with Crippen molar-refractivity contribution in [2.75, 3.05) is 33.5 Å². The Morgan fingerprint density at radius 1 is 1.15 bits per heavy atom. The molecule has 0 aromatic carbocycles. The number of nitrogens with one attached hydrogen (secondary N) is 1. The molecule has 0 saturated heterocycles. The fourth-order valence-corrected chi connectivity index (χ4v) is 2.51. The van der Waals surface area contributed by atoms with Crippen molar-refractivity contribution in [1.29, 1.82) is 0 Å². The minimum Gasteiger partial charge on any atom is -0.468 e. The molecule has 20 heavy (non-hydrogen) atoms. The summed E-state index contributed by atoms with van der Waals surface area (Å²) in [5, 5.41) is 3.48. The second-order valence-corrected chi connectivity index (χ2v) is 5.82. The molecule has 0 radical (unpaired) electrons. The van der Waals surface area contributed by atoms with Gasteiger partial charge < -0.3 is 14.2 Å². The van der Waals surface area contributed by atoms with E-state index in [-0.39, 0.29) is 5.97 Å². The van der Waals surface area contributed by atoms with E-state index in [1.54, 1.807) is 0 Å². The Kier molecular flexibility index (Phi) is 5.81. The van der Waals surface area contributed by atoms with Crippen LogP contribution < -0.4 is 5.32 Å². The van der Waals surface area contributed by atoms with Gasteiger partial charge in [-0.3, -0.25) is 5.32 Å². The van der Waals surface area contributed by atoms with Gasteiger partial charge in [0, 0.05) is 12.6 Å². The van der Waals surface area contributed by atoms with Crippen LogP contribution in [-0.4, -0.2) is 51.1 Å². The minimum absolute atomic E-state index is 0.179. The van der Waals surface area contributed by atoms with Crippen LogP contribution >= 0.6 is 0 Å². The molecule has 2 saturated carbocycles. The van der Waals surface area contributed by atoms with E-state index in [4.69, 9.17) is 14.2 Å². The third-order valence-electron chi connectivity index (χ3n) is 3.91. The van der Waals surface area contributed by atoms with Gasteiger partial charge in [0.25, 0.3) is 0 Å². The normalized spacial score (nSPS) is 21.5. The van der Waals surface area contributed by atoms with Gasteiger partial charge in [-0.1, -0.05) is 6.92 Å². The molecule has 0 amide bonds. The number of hydrogen-bond acceptors (Lipinski definition) is 5.